The highest BCUT2D eigenvalue weighted by Crippen LogP contribution is 2.33. The van der Waals surface area contributed by atoms with E-state index in [2.05, 4.69) is 6.92 Å². The second-order valence-electron chi connectivity index (χ2n) is 3.48. The number of rotatable bonds is 2. The van der Waals surface area contributed by atoms with Gasteiger partial charge in [0.25, 0.3) is 0 Å². The van der Waals surface area contributed by atoms with E-state index < -0.39 is 5.97 Å². The third-order valence-corrected chi connectivity index (χ3v) is 2.48. The third kappa shape index (κ3) is 1.86. The highest BCUT2D eigenvalue weighted by Gasteiger charge is 2.18. The first-order chi connectivity index (χ1) is 7.20. The van der Waals surface area contributed by atoms with Crippen molar-refractivity contribution in [1.82, 2.24) is 0 Å². The van der Waals surface area contributed by atoms with Crippen molar-refractivity contribution in [3.63, 3.8) is 0 Å². The molecule has 15 heavy (non-hydrogen) atoms. The summed E-state index contributed by atoms with van der Waals surface area (Å²) < 4.78 is 5.42. The quantitative estimate of drug-likeness (QED) is 0.750. The smallest absolute Gasteiger partial charge is 0.328 e. The van der Waals surface area contributed by atoms with E-state index in [1.54, 1.807) is 0 Å². The molecule has 0 amide bonds. The standard InChI is InChI=1S/C12H12O3/c1-2-8-3-4-10-9(6-12(13)14)7-15-11(10)5-8/h3-6H,2,7H2,1H3,(H,13,14). The van der Waals surface area contributed by atoms with Crippen LogP contribution in [0.5, 0.6) is 5.75 Å². The van der Waals surface area contributed by atoms with Crippen molar-refractivity contribution in [2.45, 2.75) is 13.3 Å². The molecule has 0 spiro atoms. The van der Waals surface area contributed by atoms with Gasteiger partial charge in [0, 0.05) is 17.2 Å². The fourth-order valence-corrected chi connectivity index (χ4v) is 1.67. The van der Waals surface area contributed by atoms with Crippen LogP contribution in [0.4, 0.5) is 0 Å². The molecule has 0 atom stereocenters. The fourth-order valence-electron chi connectivity index (χ4n) is 1.67. The Kier molecular flexibility index (Phi) is 2.46. The number of hydrogen-bond donors (Lipinski definition) is 1. The summed E-state index contributed by atoms with van der Waals surface area (Å²) in [6, 6.07) is 5.90. The molecule has 78 valence electrons. The number of carboxylic acids is 1. The average molecular weight is 204 g/mol. The Hall–Kier alpha value is -1.77. The molecule has 0 saturated heterocycles. The van der Waals surface area contributed by atoms with Crippen molar-refractivity contribution in [2.75, 3.05) is 6.61 Å². The summed E-state index contributed by atoms with van der Waals surface area (Å²) in [7, 11) is 0. The van der Waals surface area contributed by atoms with Gasteiger partial charge in [-0.1, -0.05) is 19.1 Å². The number of aliphatic carboxylic acids is 1. The maximum absolute atomic E-state index is 10.6. The second kappa shape index (κ2) is 3.77. The molecule has 3 heteroatoms. The number of hydrogen-bond acceptors (Lipinski definition) is 2. The first kappa shape index (κ1) is 9.77. The number of carboxylic acid groups (broad SMARTS) is 1. The SMILES string of the molecule is CCc1ccc2c(c1)OCC2=CC(=O)O. The molecule has 1 N–H and O–H groups in total. The Morgan fingerprint density at radius 3 is 3.07 bits per heavy atom. The van der Waals surface area contributed by atoms with Crippen molar-refractivity contribution >= 4 is 11.5 Å². The molecular weight excluding hydrogens is 192 g/mol. The monoisotopic (exact) mass is 204 g/mol. The van der Waals surface area contributed by atoms with Crippen LogP contribution in [0.2, 0.25) is 0 Å². The Morgan fingerprint density at radius 2 is 2.40 bits per heavy atom. The molecule has 1 aliphatic heterocycles. The number of ether oxygens (including phenoxy) is 1. The van der Waals surface area contributed by atoms with Gasteiger partial charge in [0.05, 0.1) is 0 Å². The van der Waals surface area contributed by atoms with Crippen LogP contribution in [0.15, 0.2) is 24.3 Å². The van der Waals surface area contributed by atoms with E-state index in [9.17, 15) is 4.79 Å². The van der Waals surface area contributed by atoms with Crippen molar-refractivity contribution in [3.05, 3.63) is 35.4 Å². The molecule has 1 aliphatic rings. The predicted octanol–water partition coefficient (Wildman–Crippen LogP) is 2.11. The van der Waals surface area contributed by atoms with E-state index in [4.69, 9.17) is 9.84 Å². The minimum atomic E-state index is -0.930. The van der Waals surface area contributed by atoms with Crippen LogP contribution in [0.1, 0.15) is 18.1 Å². The molecule has 0 bridgehead atoms. The predicted molar refractivity (Wildman–Crippen MR) is 56.9 cm³/mol. The molecule has 0 saturated carbocycles. The molecule has 3 nitrogen and oxygen atoms in total. The zero-order chi connectivity index (χ0) is 10.8. The summed E-state index contributed by atoms with van der Waals surface area (Å²) >= 11 is 0. The number of benzene rings is 1. The van der Waals surface area contributed by atoms with Crippen LogP contribution in [0.3, 0.4) is 0 Å². The molecule has 0 radical (unpaired) electrons. The van der Waals surface area contributed by atoms with Gasteiger partial charge in [0.15, 0.2) is 0 Å². The average Bonchev–Trinajstić information content (AvgIpc) is 2.60. The molecular formula is C12H12O3. The van der Waals surface area contributed by atoms with Crippen LogP contribution in [-0.2, 0) is 11.2 Å². The Bertz CT molecular complexity index is 432. The lowest BCUT2D eigenvalue weighted by molar-refractivity contribution is -0.131. The third-order valence-electron chi connectivity index (χ3n) is 2.48. The van der Waals surface area contributed by atoms with Gasteiger partial charge in [-0.3, -0.25) is 0 Å². The minimum Gasteiger partial charge on any atom is -0.488 e. The fraction of sp³-hybridized carbons (Fsp3) is 0.250. The van der Waals surface area contributed by atoms with E-state index in [1.165, 1.54) is 11.6 Å². The maximum Gasteiger partial charge on any atom is 0.328 e. The zero-order valence-electron chi connectivity index (χ0n) is 8.49. The van der Waals surface area contributed by atoms with Gasteiger partial charge in [-0.2, -0.15) is 0 Å². The summed E-state index contributed by atoms with van der Waals surface area (Å²) in [5.74, 6) is -0.136. The first-order valence-electron chi connectivity index (χ1n) is 4.90. The first-order valence-corrected chi connectivity index (χ1v) is 4.90. The summed E-state index contributed by atoms with van der Waals surface area (Å²) in [6.45, 7) is 2.43. The lowest BCUT2D eigenvalue weighted by Gasteiger charge is -2.00. The summed E-state index contributed by atoms with van der Waals surface area (Å²) in [6.07, 6.45) is 2.16. The topological polar surface area (TPSA) is 46.5 Å². The normalized spacial score (nSPS) is 16.2. The van der Waals surface area contributed by atoms with E-state index >= 15 is 0 Å². The van der Waals surface area contributed by atoms with E-state index in [0.29, 0.717) is 6.61 Å². The number of fused-ring (bicyclic) bond motifs is 1. The Labute approximate surface area is 88.0 Å². The summed E-state index contributed by atoms with van der Waals surface area (Å²) in [5.41, 5.74) is 2.83. The Balaban J connectivity index is 2.40. The molecule has 0 unspecified atom stereocenters. The van der Waals surface area contributed by atoms with Crippen LogP contribution >= 0.6 is 0 Å². The van der Waals surface area contributed by atoms with Crippen LogP contribution in [0, 0.1) is 0 Å². The Morgan fingerprint density at radius 1 is 1.60 bits per heavy atom. The van der Waals surface area contributed by atoms with Gasteiger partial charge in [0.1, 0.15) is 12.4 Å². The van der Waals surface area contributed by atoms with Crippen molar-refractivity contribution in [2.24, 2.45) is 0 Å². The van der Waals surface area contributed by atoms with Crippen LogP contribution in [-0.4, -0.2) is 17.7 Å². The second-order valence-corrected chi connectivity index (χ2v) is 3.48. The number of aryl methyl sites for hydroxylation is 1. The van der Waals surface area contributed by atoms with Crippen LogP contribution < -0.4 is 4.74 Å². The lowest BCUT2D eigenvalue weighted by Crippen LogP contribution is -1.93. The highest BCUT2D eigenvalue weighted by atomic mass is 16.5. The molecule has 1 heterocycles. The molecule has 0 aliphatic carbocycles. The van der Waals surface area contributed by atoms with Crippen molar-refractivity contribution in [1.29, 1.82) is 0 Å². The van der Waals surface area contributed by atoms with Gasteiger partial charge in [-0.15, -0.1) is 0 Å². The van der Waals surface area contributed by atoms with Crippen LogP contribution in [0.25, 0.3) is 5.57 Å². The largest absolute Gasteiger partial charge is 0.488 e. The summed E-state index contributed by atoms with van der Waals surface area (Å²) in [5, 5.41) is 8.67. The molecule has 0 aromatic heterocycles. The summed E-state index contributed by atoms with van der Waals surface area (Å²) in [4.78, 5) is 10.6. The van der Waals surface area contributed by atoms with E-state index in [0.717, 1.165) is 23.3 Å². The minimum absolute atomic E-state index is 0.356. The molecule has 1 aromatic rings. The van der Waals surface area contributed by atoms with E-state index in [1.807, 2.05) is 18.2 Å². The molecule has 0 fully saturated rings. The zero-order valence-corrected chi connectivity index (χ0v) is 8.49. The number of carbonyl (C=O) groups is 1. The molecule has 1 aromatic carbocycles. The molecule has 2 rings (SSSR count). The van der Waals surface area contributed by atoms with Gasteiger partial charge < -0.3 is 9.84 Å². The highest BCUT2D eigenvalue weighted by molar-refractivity contribution is 5.92. The maximum atomic E-state index is 10.6. The van der Waals surface area contributed by atoms with Gasteiger partial charge >= 0.3 is 5.97 Å². The van der Waals surface area contributed by atoms with Crippen molar-refractivity contribution in [3.8, 4) is 5.75 Å². The van der Waals surface area contributed by atoms with Crippen molar-refractivity contribution < 1.29 is 14.6 Å². The lowest BCUT2D eigenvalue weighted by atomic mass is 10.0. The van der Waals surface area contributed by atoms with Gasteiger partial charge in [-0.25, -0.2) is 4.79 Å². The van der Waals surface area contributed by atoms with Gasteiger partial charge in [0.2, 0.25) is 0 Å². The van der Waals surface area contributed by atoms with E-state index in [-0.39, 0.29) is 0 Å². The van der Waals surface area contributed by atoms with Gasteiger partial charge in [-0.05, 0) is 18.1 Å².